The van der Waals surface area contributed by atoms with Crippen LogP contribution in [-0.2, 0) is 0 Å². The predicted octanol–water partition coefficient (Wildman–Crippen LogP) is 4.75. The highest BCUT2D eigenvalue weighted by Crippen LogP contribution is 2.37. The van der Waals surface area contributed by atoms with Gasteiger partial charge in [0.05, 0.1) is 0 Å². The zero-order valence-corrected chi connectivity index (χ0v) is 11.4. The normalized spacial score (nSPS) is 22.1. The van der Waals surface area contributed by atoms with Crippen LogP contribution >= 0.6 is 0 Å². The lowest BCUT2D eigenvalue weighted by Gasteiger charge is -2.27. The summed E-state index contributed by atoms with van der Waals surface area (Å²) in [5, 5.41) is 0. The molecule has 1 atom stereocenters. The molecule has 1 aliphatic rings. The van der Waals surface area contributed by atoms with Gasteiger partial charge in [0, 0.05) is 17.8 Å². The molecule has 0 amide bonds. The maximum atomic E-state index is 4.65. The van der Waals surface area contributed by atoms with E-state index in [4.69, 9.17) is 0 Å². The minimum atomic E-state index is 0.583. The summed E-state index contributed by atoms with van der Waals surface area (Å²) in [7, 11) is 0. The maximum Gasteiger partial charge on any atom is 0.0470 e. The number of hydrogen-bond acceptors (Lipinski definition) is 1. The molecule has 16 heavy (non-hydrogen) atoms. The lowest BCUT2D eigenvalue weighted by Crippen LogP contribution is -2.14. The second-order valence-electron chi connectivity index (χ2n) is 4.76. The van der Waals surface area contributed by atoms with Crippen LogP contribution in [0.4, 0.5) is 0 Å². The first-order chi connectivity index (χ1) is 7.65. The van der Waals surface area contributed by atoms with Gasteiger partial charge in [-0.15, -0.1) is 0 Å². The van der Waals surface area contributed by atoms with Gasteiger partial charge in [-0.25, -0.2) is 0 Å². The van der Waals surface area contributed by atoms with Gasteiger partial charge in [-0.2, -0.15) is 0 Å². The molecule has 0 aromatic rings. The van der Waals surface area contributed by atoms with Gasteiger partial charge in [-0.1, -0.05) is 33.8 Å². The van der Waals surface area contributed by atoms with Crippen LogP contribution in [0, 0.1) is 11.8 Å². The van der Waals surface area contributed by atoms with Gasteiger partial charge in [-0.05, 0) is 43.3 Å². The van der Waals surface area contributed by atoms with E-state index in [0.717, 1.165) is 6.42 Å². The Hall–Kier alpha value is -0.850. The molecule has 1 aliphatic carbocycles. The summed E-state index contributed by atoms with van der Waals surface area (Å²) in [6.45, 7) is 11.1. The van der Waals surface area contributed by atoms with E-state index in [1.54, 1.807) is 0 Å². The zero-order chi connectivity index (χ0) is 12.1. The molecular weight excluding hydrogens is 194 g/mol. The molecule has 1 nitrogen and oxygen atoms in total. The molecule has 0 spiro atoms. The van der Waals surface area contributed by atoms with Crippen LogP contribution in [0.2, 0.25) is 0 Å². The van der Waals surface area contributed by atoms with Crippen LogP contribution in [0.5, 0.6) is 0 Å². The highest BCUT2D eigenvalue weighted by Gasteiger charge is 2.23. The van der Waals surface area contributed by atoms with Crippen LogP contribution in [0.15, 0.2) is 27.9 Å². The van der Waals surface area contributed by atoms with Gasteiger partial charge < -0.3 is 0 Å². The third-order valence-electron chi connectivity index (χ3n) is 3.38. The Morgan fingerprint density at radius 1 is 1.44 bits per heavy atom. The molecule has 0 aromatic carbocycles. The molecule has 0 bridgehead atoms. The first-order valence-corrected chi connectivity index (χ1v) is 6.57. The Bertz CT molecular complexity index is 318. The van der Waals surface area contributed by atoms with Crippen molar-refractivity contribution < 1.29 is 0 Å². The van der Waals surface area contributed by atoms with Crippen molar-refractivity contribution in [2.45, 2.75) is 53.9 Å². The lowest BCUT2D eigenvalue weighted by atomic mass is 9.80. The number of aliphatic imine (C=N–C) groups is 1. The van der Waals surface area contributed by atoms with E-state index < -0.39 is 0 Å². The van der Waals surface area contributed by atoms with E-state index in [2.05, 4.69) is 38.8 Å². The molecular formula is C15H25N. The van der Waals surface area contributed by atoms with Gasteiger partial charge in [0.15, 0.2) is 0 Å². The average molecular weight is 219 g/mol. The third-order valence-corrected chi connectivity index (χ3v) is 3.38. The third kappa shape index (κ3) is 2.63. The van der Waals surface area contributed by atoms with Gasteiger partial charge in [0.2, 0.25) is 0 Å². The lowest BCUT2D eigenvalue weighted by molar-refractivity contribution is 0.558. The Balaban J connectivity index is 3.22. The van der Waals surface area contributed by atoms with Crippen molar-refractivity contribution in [2.75, 3.05) is 0 Å². The smallest absolute Gasteiger partial charge is 0.0470 e. The standard InChI is InChI=1S/C15H25N/c1-6-12-9-10-13(7-2)15(16-8-3)14(12)11(4)5/h8-9,11,13H,6-7,10H2,1-5H3. The Morgan fingerprint density at radius 3 is 2.56 bits per heavy atom. The van der Waals surface area contributed by atoms with Crippen molar-refractivity contribution in [1.82, 2.24) is 0 Å². The Morgan fingerprint density at radius 2 is 2.12 bits per heavy atom. The largest absolute Gasteiger partial charge is 0.265 e. The van der Waals surface area contributed by atoms with E-state index in [-0.39, 0.29) is 0 Å². The number of rotatable bonds is 4. The fourth-order valence-electron chi connectivity index (χ4n) is 2.57. The van der Waals surface area contributed by atoms with Crippen LogP contribution in [0.1, 0.15) is 53.9 Å². The SMILES string of the molecule is CC=NC1=C(C(C)C)C(CC)=CCC1CC. The van der Waals surface area contributed by atoms with E-state index >= 15 is 0 Å². The molecule has 1 heteroatoms. The number of allylic oxidation sites excluding steroid dienone is 4. The van der Waals surface area contributed by atoms with Crippen molar-refractivity contribution in [3.8, 4) is 0 Å². The molecule has 1 rings (SSSR count). The number of hydrogen-bond donors (Lipinski definition) is 0. The van der Waals surface area contributed by atoms with Crippen LogP contribution in [0.25, 0.3) is 0 Å². The maximum absolute atomic E-state index is 4.65. The van der Waals surface area contributed by atoms with E-state index in [9.17, 15) is 0 Å². The van der Waals surface area contributed by atoms with E-state index in [1.165, 1.54) is 29.7 Å². The van der Waals surface area contributed by atoms with Crippen LogP contribution < -0.4 is 0 Å². The molecule has 90 valence electrons. The summed E-state index contributed by atoms with van der Waals surface area (Å²) in [5.74, 6) is 1.21. The molecule has 0 radical (unpaired) electrons. The fourth-order valence-corrected chi connectivity index (χ4v) is 2.57. The van der Waals surface area contributed by atoms with Gasteiger partial charge in [0.25, 0.3) is 0 Å². The van der Waals surface area contributed by atoms with Crippen molar-refractivity contribution in [3.05, 3.63) is 22.9 Å². The average Bonchev–Trinajstić information content (AvgIpc) is 2.28. The Kier molecular flexibility index (Phi) is 4.98. The van der Waals surface area contributed by atoms with Crippen molar-refractivity contribution in [1.29, 1.82) is 0 Å². The van der Waals surface area contributed by atoms with Crippen LogP contribution in [-0.4, -0.2) is 6.21 Å². The summed E-state index contributed by atoms with van der Waals surface area (Å²) < 4.78 is 0. The highest BCUT2D eigenvalue weighted by atomic mass is 14.7. The zero-order valence-electron chi connectivity index (χ0n) is 11.4. The molecule has 0 saturated heterocycles. The second kappa shape index (κ2) is 6.03. The summed E-state index contributed by atoms with van der Waals surface area (Å²) in [6, 6.07) is 0. The first-order valence-electron chi connectivity index (χ1n) is 6.57. The molecule has 1 unspecified atom stereocenters. The second-order valence-corrected chi connectivity index (χ2v) is 4.76. The van der Waals surface area contributed by atoms with E-state index in [0.29, 0.717) is 11.8 Å². The minimum Gasteiger partial charge on any atom is -0.265 e. The molecule has 0 aliphatic heterocycles. The summed E-state index contributed by atoms with van der Waals surface area (Å²) >= 11 is 0. The molecule has 0 fully saturated rings. The van der Waals surface area contributed by atoms with Crippen molar-refractivity contribution >= 4 is 6.21 Å². The summed E-state index contributed by atoms with van der Waals surface area (Å²) in [6.07, 6.45) is 7.86. The number of nitrogens with zero attached hydrogens (tertiary/aromatic N) is 1. The van der Waals surface area contributed by atoms with Crippen molar-refractivity contribution in [2.24, 2.45) is 16.8 Å². The molecule has 0 aromatic heterocycles. The van der Waals surface area contributed by atoms with Gasteiger partial charge in [-0.3, -0.25) is 4.99 Å². The molecule has 0 heterocycles. The molecule has 0 saturated carbocycles. The predicted molar refractivity (Wildman–Crippen MR) is 72.8 cm³/mol. The van der Waals surface area contributed by atoms with Gasteiger partial charge in [0.1, 0.15) is 0 Å². The fraction of sp³-hybridized carbons (Fsp3) is 0.667. The Labute approximate surface area is 100 Å². The molecule has 0 N–H and O–H groups in total. The minimum absolute atomic E-state index is 0.583. The summed E-state index contributed by atoms with van der Waals surface area (Å²) in [5.41, 5.74) is 4.36. The van der Waals surface area contributed by atoms with E-state index in [1.807, 2.05) is 13.1 Å². The van der Waals surface area contributed by atoms with Crippen molar-refractivity contribution in [3.63, 3.8) is 0 Å². The quantitative estimate of drug-likeness (QED) is 0.605. The topological polar surface area (TPSA) is 12.4 Å². The van der Waals surface area contributed by atoms with Gasteiger partial charge >= 0.3 is 0 Å². The highest BCUT2D eigenvalue weighted by molar-refractivity contribution is 5.57. The first kappa shape index (κ1) is 13.2. The monoisotopic (exact) mass is 219 g/mol. The summed E-state index contributed by atoms with van der Waals surface area (Å²) in [4.78, 5) is 4.65. The van der Waals surface area contributed by atoms with Crippen LogP contribution in [0.3, 0.4) is 0 Å².